The van der Waals surface area contributed by atoms with Gasteiger partial charge < -0.3 is 9.64 Å². The first-order chi connectivity index (χ1) is 10.8. The molecule has 5 heteroatoms. The lowest BCUT2D eigenvalue weighted by atomic mass is 10.1. The number of rotatable bonds is 3. The molecule has 116 valence electrons. The average molecular weight is 299 g/mol. The van der Waals surface area contributed by atoms with Crippen LogP contribution in [0.25, 0.3) is 0 Å². The van der Waals surface area contributed by atoms with Crippen LogP contribution in [-0.2, 0) is 4.74 Å². The van der Waals surface area contributed by atoms with Crippen LogP contribution in [0.4, 0.5) is 0 Å². The maximum atomic E-state index is 12.5. The Morgan fingerprint density at radius 3 is 2.82 bits per heavy atom. The summed E-state index contributed by atoms with van der Waals surface area (Å²) in [5.41, 5.74) is 1.13. The summed E-state index contributed by atoms with van der Waals surface area (Å²) in [5, 5.41) is 8.93. The lowest BCUT2D eigenvalue weighted by molar-refractivity contribution is 0.0432. The van der Waals surface area contributed by atoms with E-state index in [1.54, 1.807) is 24.3 Å². The van der Waals surface area contributed by atoms with Crippen LogP contribution in [-0.4, -0.2) is 61.1 Å². The highest BCUT2D eigenvalue weighted by Crippen LogP contribution is 2.15. The Bertz CT molecular complexity index is 568. The molecule has 3 rings (SSSR count). The molecule has 1 aromatic carbocycles. The molecule has 0 N–H and O–H groups in total. The van der Waals surface area contributed by atoms with Gasteiger partial charge in [0, 0.05) is 44.9 Å². The standard InChI is InChI=1S/C17H21N3O2/c18-12-14-3-1-4-15(11-14)17(21)20-8-6-19(7-9-20)13-16-5-2-10-22-16/h1,3-4,11,16H,2,5-10,13H2. The molecule has 2 aliphatic heterocycles. The van der Waals surface area contributed by atoms with Crippen LogP contribution in [0.5, 0.6) is 0 Å². The average Bonchev–Trinajstić information content (AvgIpc) is 3.08. The molecule has 1 unspecified atom stereocenters. The zero-order valence-electron chi connectivity index (χ0n) is 12.7. The number of carbonyl (C=O) groups excluding carboxylic acids is 1. The van der Waals surface area contributed by atoms with Gasteiger partial charge in [0.1, 0.15) is 0 Å². The fourth-order valence-electron chi connectivity index (χ4n) is 3.11. The lowest BCUT2D eigenvalue weighted by Crippen LogP contribution is -2.50. The van der Waals surface area contributed by atoms with Crippen molar-refractivity contribution >= 4 is 5.91 Å². The highest BCUT2D eigenvalue weighted by molar-refractivity contribution is 5.94. The molecule has 0 radical (unpaired) electrons. The van der Waals surface area contributed by atoms with E-state index in [9.17, 15) is 4.79 Å². The van der Waals surface area contributed by atoms with Gasteiger partial charge in [-0.3, -0.25) is 9.69 Å². The molecule has 0 spiro atoms. The van der Waals surface area contributed by atoms with Crippen molar-refractivity contribution in [2.45, 2.75) is 18.9 Å². The quantitative estimate of drug-likeness (QED) is 0.848. The molecule has 2 heterocycles. The third-order valence-corrected chi connectivity index (χ3v) is 4.38. The second kappa shape index (κ2) is 6.91. The van der Waals surface area contributed by atoms with Gasteiger partial charge in [0.25, 0.3) is 5.91 Å². The zero-order valence-corrected chi connectivity index (χ0v) is 12.7. The van der Waals surface area contributed by atoms with Crippen LogP contribution in [0.2, 0.25) is 0 Å². The van der Waals surface area contributed by atoms with Gasteiger partial charge in [0.15, 0.2) is 0 Å². The van der Waals surface area contributed by atoms with Crippen LogP contribution < -0.4 is 0 Å². The summed E-state index contributed by atoms with van der Waals surface area (Å²) in [6.07, 6.45) is 2.69. The Kier molecular flexibility index (Phi) is 4.71. The first kappa shape index (κ1) is 15.0. The number of nitrogens with zero attached hydrogens (tertiary/aromatic N) is 3. The summed E-state index contributed by atoms with van der Waals surface area (Å²) in [5.74, 6) is 0.0221. The van der Waals surface area contributed by atoms with Crippen molar-refractivity contribution in [3.05, 3.63) is 35.4 Å². The zero-order chi connectivity index (χ0) is 15.4. The summed E-state index contributed by atoms with van der Waals surface area (Å²) >= 11 is 0. The molecule has 1 aromatic rings. The molecule has 5 nitrogen and oxygen atoms in total. The van der Waals surface area contributed by atoms with Crippen molar-refractivity contribution < 1.29 is 9.53 Å². The van der Waals surface area contributed by atoms with Crippen molar-refractivity contribution in [1.29, 1.82) is 5.26 Å². The van der Waals surface area contributed by atoms with Crippen LogP contribution >= 0.6 is 0 Å². The first-order valence-electron chi connectivity index (χ1n) is 7.89. The van der Waals surface area contributed by atoms with E-state index in [1.807, 2.05) is 4.90 Å². The maximum absolute atomic E-state index is 12.5. The number of amides is 1. The molecule has 1 atom stereocenters. The van der Waals surface area contributed by atoms with Crippen LogP contribution in [0.1, 0.15) is 28.8 Å². The van der Waals surface area contributed by atoms with Gasteiger partial charge in [-0.1, -0.05) is 6.07 Å². The number of nitriles is 1. The lowest BCUT2D eigenvalue weighted by Gasteiger charge is -2.35. The minimum absolute atomic E-state index is 0.0221. The van der Waals surface area contributed by atoms with E-state index < -0.39 is 0 Å². The third-order valence-electron chi connectivity index (χ3n) is 4.38. The predicted molar refractivity (Wildman–Crippen MR) is 82.5 cm³/mol. The van der Waals surface area contributed by atoms with Gasteiger partial charge in [-0.15, -0.1) is 0 Å². The molecular formula is C17H21N3O2. The van der Waals surface area contributed by atoms with Gasteiger partial charge in [0.05, 0.1) is 17.7 Å². The monoisotopic (exact) mass is 299 g/mol. The molecule has 2 fully saturated rings. The SMILES string of the molecule is N#Cc1cccc(C(=O)N2CCN(CC3CCCO3)CC2)c1. The van der Waals surface area contributed by atoms with E-state index in [4.69, 9.17) is 10.00 Å². The van der Waals surface area contributed by atoms with Gasteiger partial charge in [0.2, 0.25) is 0 Å². The van der Waals surface area contributed by atoms with Gasteiger partial charge in [-0.05, 0) is 31.0 Å². The van der Waals surface area contributed by atoms with Crippen molar-refractivity contribution in [2.75, 3.05) is 39.3 Å². The first-order valence-corrected chi connectivity index (χ1v) is 7.89. The summed E-state index contributed by atoms with van der Waals surface area (Å²) in [6, 6.07) is 9.01. The highest BCUT2D eigenvalue weighted by Gasteiger charge is 2.25. The van der Waals surface area contributed by atoms with Crippen LogP contribution in [0.15, 0.2) is 24.3 Å². The fourth-order valence-corrected chi connectivity index (χ4v) is 3.11. The maximum Gasteiger partial charge on any atom is 0.253 e. The normalized spacial score (nSPS) is 22.5. The Balaban J connectivity index is 1.54. The highest BCUT2D eigenvalue weighted by atomic mass is 16.5. The Hall–Kier alpha value is -1.90. The molecule has 2 aliphatic rings. The Labute approximate surface area is 131 Å². The second-order valence-electron chi connectivity index (χ2n) is 5.92. The molecular weight excluding hydrogens is 278 g/mol. The molecule has 0 bridgehead atoms. The van der Waals surface area contributed by atoms with Gasteiger partial charge in [-0.25, -0.2) is 0 Å². The van der Waals surface area contributed by atoms with Gasteiger partial charge >= 0.3 is 0 Å². The summed E-state index contributed by atoms with van der Waals surface area (Å²) in [6.45, 7) is 5.13. The molecule has 0 aromatic heterocycles. The summed E-state index contributed by atoms with van der Waals surface area (Å²) < 4.78 is 5.67. The van der Waals surface area contributed by atoms with Crippen LogP contribution in [0.3, 0.4) is 0 Å². The van der Waals surface area contributed by atoms with E-state index in [0.717, 1.165) is 45.8 Å². The Morgan fingerprint density at radius 1 is 1.32 bits per heavy atom. The molecule has 0 aliphatic carbocycles. The minimum Gasteiger partial charge on any atom is -0.377 e. The van der Waals surface area contributed by atoms with E-state index in [2.05, 4.69) is 11.0 Å². The number of ether oxygens (including phenoxy) is 1. The predicted octanol–water partition coefficient (Wildman–Crippen LogP) is 1.50. The van der Waals surface area contributed by atoms with E-state index >= 15 is 0 Å². The van der Waals surface area contributed by atoms with Gasteiger partial charge in [-0.2, -0.15) is 5.26 Å². The number of carbonyl (C=O) groups is 1. The Morgan fingerprint density at radius 2 is 2.14 bits per heavy atom. The number of hydrogen-bond donors (Lipinski definition) is 0. The number of benzene rings is 1. The van der Waals surface area contributed by atoms with Crippen molar-refractivity contribution in [2.24, 2.45) is 0 Å². The fraction of sp³-hybridized carbons (Fsp3) is 0.529. The largest absolute Gasteiger partial charge is 0.377 e. The van der Waals surface area contributed by atoms with Crippen molar-refractivity contribution in [1.82, 2.24) is 9.80 Å². The van der Waals surface area contributed by atoms with Crippen molar-refractivity contribution in [3.63, 3.8) is 0 Å². The summed E-state index contributed by atoms with van der Waals surface area (Å²) in [7, 11) is 0. The third kappa shape index (κ3) is 3.46. The second-order valence-corrected chi connectivity index (χ2v) is 5.92. The molecule has 2 saturated heterocycles. The van der Waals surface area contributed by atoms with Crippen molar-refractivity contribution in [3.8, 4) is 6.07 Å². The summed E-state index contributed by atoms with van der Waals surface area (Å²) in [4.78, 5) is 16.8. The molecule has 22 heavy (non-hydrogen) atoms. The van der Waals surface area contributed by atoms with E-state index in [1.165, 1.54) is 6.42 Å². The number of hydrogen-bond acceptors (Lipinski definition) is 4. The van der Waals surface area contributed by atoms with E-state index in [-0.39, 0.29) is 5.91 Å². The minimum atomic E-state index is 0.0221. The van der Waals surface area contributed by atoms with E-state index in [0.29, 0.717) is 17.2 Å². The van der Waals surface area contributed by atoms with Crippen LogP contribution in [0, 0.1) is 11.3 Å². The smallest absolute Gasteiger partial charge is 0.253 e. The topological polar surface area (TPSA) is 56.6 Å². The molecule has 0 saturated carbocycles. The molecule has 1 amide bonds. The number of piperazine rings is 1.